The van der Waals surface area contributed by atoms with Crippen molar-refractivity contribution in [1.82, 2.24) is 29.5 Å². The average molecular weight is 311 g/mol. The van der Waals surface area contributed by atoms with Gasteiger partial charge in [-0.2, -0.15) is 5.10 Å². The lowest BCUT2D eigenvalue weighted by Crippen LogP contribution is -2.46. The van der Waals surface area contributed by atoms with Crippen LogP contribution < -0.4 is 5.32 Å². The molecule has 3 rings (SSSR count). The predicted octanol–water partition coefficient (Wildman–Crippen LogP) is 1.03. The highest BCUT2D eigenvalue weighted by atomic mass is 35.5. The molecule has 0 bridgehead atoms. The molecule has 1 N–H and O–H groups in total. The van der Waals surface area contributed by atoms with Crippen LogP contribution in [0.15, 0.2) is 18.6 Å². The Morgan fingerprint density at radius 1 is 1.38 bits per heavy atom. The Morgan fingerprint density at radius 2 is 2.19 bits per heavy atom. The first-order valence-corrected chi connectivity index (χ1v) is 7.06. The monoisotopic (exact) mass is 310 g/mol. The van der Waals surface area contributed by atoms with Gasteiger partial charge in [0.1, 0.15) is 5.82 Å². The van der Waals surface area contributed by atoms with E-state index in [0.717, 1.165) is 32.0 Å². The Kier molecular flexibility index (Phi) is 5.03. The summed E-state index contributed by atoms with van der Waals surface area (Å²) < 4.78 is 4.05. The van der Waals surface area contributed by atoms with Gasteiger partial charge in [0, 0.05) is 63.9 Å². The number of nitrogens with zero attached hydrogens (tertiary/aromatic N) is 5. The van der Waals surface area contributed by atoms with Gasteiger partial charge in [0.25, 0.3) is 0 Å². The van der Waals surface area contributed by atoms with Gasteiger partial charge in [-0.05, 0) is 6.92 Å². The lowest BCUT2D eigenvalue weighted by Gasteiger charge is -2.35. The van der Waals surface area contributed by atoms with Crippen LogP contribution in [0.1, 0.15) is 23.1 Å². The molecule has 1 unspecified atom stereocenters. The van der Waals surface area contributed by atoms with Crippen molar-refractivity contribution in [1.29, 1.82) is 0 Å². The lowest BCUT2D eigenvalue weighted by atomic mass is 10.1. The van der Waals surface area contributed by atoms with Gasteiger partial charge in [0.05, 0.1) is 12.2 Å². The van der Waals surface area contributed by atoms with Gasteiger partial charge in [0.2, 0.25) is 0 Å². The number of aryl methyl sites for hydroxylation is 2. The van der Waals surface area contributed by atoms with Crippen molar-refractivity contribution in [2.45, 2.75) is 19.5 Å². The molecule has 7 heteroatoms. The van der Waals surface area contributed by atoms with Crippen LogP contribution in [0.5, 0.6) is 0 Å². The van der Waals surface area contributed by atoms with Crippen LogP contribution >= 0.6 is 12.4 Å². The summed E-state index contributed by atoms with van der Waals surface area (Å²) in [5, 5.41) is 7.81. The molecule has 116 valence electrons. The van der Waals surface area contributed by atoms with Gasteiger partial charge in [-0.3, -0.25) is 9.58 Å². The molecular weight excluding hydrogens is 288 g/mol. The Morgan fingerprint density at radius 3 is 2.81 bits per heavy atom. The van der Waals surface area contributed by atoms with Crippen molar-refractivity contribution >= 4 is 12.4 Å². The zero-order valence-electron chi connectivity index (χ0n) is 12.8. The molecule has 0 radical (unpaired) electrons. The minimum atomic E-state index is 0. The molecule has 1 aliphatic rings. The molecule has 0 aliphatic carbocycles. The Labute approximate surface area is 131 Å². The molecule has 2 aromatic rings. The molecule has 1 atom stereocenters. The van der Waals surface area contributed by atoms with Crippen LogP contribution in [0.4, 0.5) is 0 Å². The van der Waals surface area contributed by atoms with Gasteiger partial charge >= 0.3 is 0 Å². The second-order valence-corrected chi connectivity index (χ2v) is 5.47. The topological polar surface area (TPSA) is 50.9 Å². The zero-order valence-corrected chi connectivity index (χ0v) is 13.6. The molecular formula is C14H23ClN6. The third-order valence-corrected chi connectivity index (χ3v) is 4.22. The molecule has 0 saturated carbocycles. The first-order valence-electron chi connectivity index (χ1n) is 7.06. The van der Waals surface area contributed by atoms with Crippen molar-refractivity contribution in [3.63, 3.8) is 0 Å². The highest BCUT2D eigenvalue weighted by molar-refractivity contribution is 5.85. The summed E-state index contributed by atoms with van der Waals surface area (Å²) in [5.74, 6) is 1.12. The van der Waals surface area contributed by atoms with Gasteiger partial charge < -0.3 is 9.88 Å². The van der Waals surface area contributed by atoms with E-state index in [2.05, 4.69) is 38.8 Å². The maximum absolute atomic E-state index is 4.52. The molecule has 0 aromatic carbocycles. The second-order valence-electron chi connectivity index (χ2n) is 5.47. The number of imidazole rings is 1. The standard InChI is InChI=1S/C14H22N6.ClH/c1-11-12(8-17-19(11)3)10-20-7-4-15-9-13(20)14-16-5-6-18(14)2;/h5-6,8,13,15H,4,7,9-10H2,1-3H3;1H. The summed E-state index contributed by atoms with van der Waals surface area (Å²) in [7, 11) is 4.05. The number of nitrogens with one attached hydrogen (secondary N) is 1. The molecule has 0 spiro atoms. The molecule has 2 aromatic heterocycles. The number of hydrogen-bond acceptors (Lipinski definition) is 4. The molecule has 3 heterocycles. The molecule has 1 fully saturated rings. The normalized spacial score (nSPS) is 19.5. The van der Waals surface area contributed by atoms with Crippen LogP contribution in [-0.2, 0) is 20.6 Å². The minimum Gasteiger partial charge on any atom is -0.337 e. The van der Waals surface area contributed by atoms with E-state index in [9.17, 15) is 0 Å². The summed E-state index contributed by atoms with van der Waals surface area (Å²) in [6.07, 6.45) is 5.86. The average Bonchev–Trinajstić information content (AvgIpc) is 3.00. The van der Waals surface area contributed by atoms with E-state index in [1.807, 2.05) is 30.3 Å². The van der Waals surface area contributed by atoms with Crippen LogP contribution in [-0.4, -0.2) is 43.9 Å². The van der Waals surface area contributed by atoms with E-state index in [1.165, 1.54) is 11.3 Å². The molecule has 21 heavy (non-hydrogen) atoms. The Bertz CT molecular complexity index is 590. The van der Waals surface area contributed by atoms with E-state index in [0.29, 0.717) is 6.04 Å². The summed E-state index contributed by atoms with van der Waals surface area (Å²) in [6.45, 7) is 6.06. The third kappa shape index (κ3) is 3.12. The predicted molar refractivity (Wildman–Crippen MR) is 84.4 cm³/mol. The Hall–Kier alpha value is -1.37. The van der Waals surface area contributed by atoms with E-state index in [4.69, 9.17) is 0 Å². The number of aromatic nitrogens is 4. The van der Waals surface area contributed by atoms with Crippen LogP contribution in [0.3, 0.4) is 0 Å². The summed E-state index contributed by atoms with van der Waals surface area (Å²) >= 11 is 0. The van der Waals surface area contributed by atoms with Crippen molar-refractivity contribution in [2.24, 2.45) is 14.1 Å². The van der Waals surface area contributed by atoms with Gasteiger partial charge in [-0.15, -0.1) is 12.4 Å². The smallest absolute Gasteiger partial charge is 0.127 e. The number of piperazine rings is 1. The number of halogens is 1. The third-order valence-electron chi connectivity index (χ3n) is 4.22. The summed E-state index contributed by atoms with van der Waals surface area (Å²) in [5.41, 5.74) is 2.54. The van der Waals surface area contributed by atoms with Gasteiger partial charge in [0.15, 0.2) is 0 Å². The van der Waals surface area contributed by atoms with Crippen LogP contribution in [0.2, 0.25) is 0 Å². The summed E-state index contributed by atoms with van der Waals surface area (Å²) in [6, 6.07) is 0.323. The molecule has 6 nitrogen and oxygen atoms in total. The second kappa shape index (κ2) is 6.60. The SMILES string of the molecule is Cc1c(CN2CCNCC2c2nccn2C)cnn1C.Cl. The Balaban J connectivity index is 0.00000161. The zero-order chi connectivity index (χ0) is 14.1. The first-order chi connectivity index (χ1) is 9.66. The van der Waals surface area contributed by atoms with Crippen molar-refractivity contribution < 1.29 is 0 Å². The highest BCUT2D eigenvalue weighted by Crippen LogP contribution is 2.23. The van der Waals surface area contributed by atoms with E-state index in [-0.39, 0.29) is 12.4 Å². The fourth-order valence-corrected chi connectivity index (χ4v) is 2.81. The number of rotatable bonds is 3. The molecule has 1 aliphatic heterocycles. The number of hydrogen-bond donors (Lipinski definition) is 1. The fraction of sp³-hybridized carbons (Fsp3) is 0.571. The van der Waals surface area contributed by atoms with Crippen molar-refractivity contribution in [2.75, 3.05) is 19.6 Å². The van der Waals surface area contributed by atoms with E-state index < -0.39 is 0 Å². The van der Waals surface area contributed by atoms with Crippen molar-refractivity contribution in [3.05, 3.63) is 35.7 Å². The van der Waals surface area contributed by atoms with Gasteiger partial charge in [-0.25, -0.2) is 4.98 Å². The maximum Gasteiger partial charge on any atom is 0.127 e. The van der Waals surface area contributed by atoms with E-state index in [1.54, 1.807) is 0 Å². The highest BCUT2D eigenvalue weighted by Gasteiger charge is 2.27. The largest absolute Gasteiger partial charge is 0.337 e. The van der Waals surface area contributed by atoms with Gasteiger partial charge in [-0.1, -0.05) is 0 Å². The molecule has 1 saturated heterocycles. The quantitative estimate of drug-likeness (QED) is 0.920. The fourth-order valence-electron chi connectivity index (χ4n) is 2.81. The maximum atomic E-state index is 4.52. The minimum absolute atomic E-state index is 0. The first kappa shape index (κ1) is 16.0. The van der Waals surface area contributed by atoms with Crippen LogP contribution in [0.25, 0.3) is 0 Å². The lowest BCUT2D eigenvalue weighted by molar-refractivity contribution is 0.144. The van der Waals surface area contributed by atoms with E-state index >= 15 is 0 Å². The van der Waals surface area contributed by atoms with Crippen LogP contribution in [0, 0.1) is 6.92 Å². The summed E-state index contributed by atoms with van der Waals surface area (Å²) in [4.78, 5) is 7.01. The van der Waals surface area contributed by atoms with Crippen molar-refractivity contribution in [3.8, 4) is 0 Å². The molecule has 0 amide bonds.